The molecule has 0 spiro atoms. The number of allylic oxidation sites excluding steroid dienone is 11. The Labute approximate surface area is 496 Å². The summed E-state index contributed by atoms with van der Waals surface area (Å²) in [5, 5.41) is 57.1. The number of ether oxygens (including phenoxy) is 3. The highest BCUT2D eigenvalue weighted by Gasteiger charge is 2.47. The van der Waals surface area contributed by atoms with Crippen molar-refractivity contribution < 1.29 is 49.3 Å². The lowest BCUT2D eigenvalue weighted by Crippen LogP contribution is -2.61. The van der Waals surface area contributed by atoms with Crippen LogP contribution < -0.4 is 5.32 Å². The van der Waals surface area contributed by atoms with E-state index in [1.807, 2.05) is 6.08 Å². The molecule has 8 unspecified atom stereocenters. The van der Waals surface area contributed by atoms with Crippen LogP contribution in [0.15, 0.2) is 72.9 Å². The van der Waals surface area contributed by atoms with Crippen molar-refractivity contribution in [1.82, 2.24) is 5.32 Å². The highest BCUT2D eigenvalue weighted by molar-refractivity contribution is 5.80. The average molecular weight is 1140 g/mol. The third-order valence-corrected chi connectivity index (χ3v) is 15.6. The molecule has 0 bridgehead atoms. The number of esters is 1. The minimum absolute atomic E-state index is 0.125. The second-order valence-corrected chi connectivity index (χ2v) is 23.2. The normalized spacial score (nSPS) is 19.1. The van der Waals surface area contributed by atoms with Crippen LogP contribution in [0.4, 0.5) is 0 Å². The van der Waals surface area contributed by atoms with E-state index in [4.69, 9.17) is 14.2 Å². The molecule has 1 rings (SSSR count). The highest BCUT2D eigenvalue weighted by Crippen LogP contribution is 2.26. The summed E-state index contributed by atoms with van der Waals surface area (Å²) in [6, 6.07) is -1.03. The molecule has 1 heterocycles. The van der Waals surface area contributed by atoms with Crippen LogP contribution in [0.2, 0.25) is 0 Å². The zero-order valence-electron chi connectivity index (χ0n) is 52.1. The summed E-state index contributed by atoms with van der Waals surface area (Å²) in [6.07, 6.45) is 63.7. The fourth-order valence-electron chi connectivity index (χ4n) is 10.3. The van der Waals surface area contributed by atoms with Crippen LogP contribution in [0, 0.1) is 0 Å². The Morgan fingerprint density at radius 2 is 0.889 bits per heavy atom. The fourth-order valence-corrected chi connectivity index (χ4v) is 10.3. The lowest BCUT2D eigenvalue weighted by atomic mass is 9.99. The molecule has 8 atom stereocenters. The van der Waals surface area contributed by atoms with Gasteiger partial charge in [-0.15, -0.1) is 0 Å². The van der Waals surface area contributed by atoms with Crippen LogP contribution in [0.25, 0.3) is 0 Å². The molecule has 0 saturated carbocycles. The molecule has 1 fully saturated rings. The molecule has 1 saturated heterocycles. The molecule has 0 aromatic heterocycles. The molecule has 6 N–H and O–H groups in total. The van der Waals surface area contributed by atoms with Gasteiger partial charge in [0.1, 0.15) is 24.4 Å². The minimum atomic E-state index is -1.61. The van der Waals surface area contributed by atoms with Crippen molar-refractivity contribution in [2.45, 2.75) is 346 Å². The number of nitrogens with one attached hydrogen (secondary N) is 1. The molecular formula is C70H125NO10. The van der Waals surface area contributed by atoms with E-state index >= 15 is 0 Å². The molecule has 1 amide bonds. The number of rotatable bonds is 57. The molecule has 0 aliphatic carbocycles. The molecule has 0 aromatic carbocycles. The molecule has 1 aliphatic rings. The molecule has 81 heavy (non-hydrogen) atoms. The van der Waals surface area contributed by atoms with E-state index < -0.39 is 67.4 Å². The molecule has 11 nitrogen and oxygen atoms in total. The van der Waals surface area contributed by atoms with Crippen LogP contribution in [-0.4, -0.2) is 99.6 Å². The van der Waals surface area contributed by atoms with Crippen LogP contribution in [0.5, 0.6) is 0 Å². The van der Waals surface area contributed by atoms with Gasteiger partial charge in [-0.05, 0) is 70.6 Å². The number of unbranched alkanes of at least 4 members (excludes halogenated alkanes) is 33. The smallest absolute Gasteiger partial charge is 0.306 e. The van der Waals surface area contributed by atoms with Crippen molar-refractivity contribution in [2.75, 3.05) is 13.2 Å². The van der Waals surface area contributed by atoms with E-state index in [0.717, 1.165) is 96.3 Å². The molecule has 0 radical (unpaired) electrons. The van der Waals surface area contributed by atoms with E-state index in [1.54, 1.807) is 6.08 Å². The van der Waals surface area contributed by atoms with Gasteiger partial charge in [0.2, 0.25) is 5.91 Å². The third-order valence-electron chi connectivity index (χ3n) is 15.6. The second-order valence-electron chi connectivity index (χ2n) is 23.2. The minimum Gasteiger partial charge on any atom is -0.454 e. The summed E-state index contributed by atoms with van der Waals surface area (Å²) < 4.78 is 17.6. The summed E-state index contributed by atoms with van der Waals surface area (Å²) in [5.41, 5.74) is 0. The van der Waals surface area contributed by atoms with Crippen LogP contribution in [0.1, 0.15) is 297 Å². The van der Waals surface area contributed by atoms with Gasteiger partial charge in [0.05, 0.1) is 25.4 Å². The quantitative estimate of drug-likeness (QED) is 0.0195. The predicted molar refractivity (Wildman–Crippen MR) is 338 cm³/mol. The summed E-state index contributed by atoms with van der Waals surface area (Å²) in [5.74, 6) is -1.19. The fraction of sp³-hybridized carbons (Fsp3) is 0.800. The number of aliphatic hydroxyl groups excluding tert-OH is 5. The van der Waals surface area contributed by atoms with Crippen molar-refractivity contribution in [3.63, 3.8) is 0 Å². The van der Waals surface area contributed by atoms with E-state index in [9.17, 15) is 35.1 Å². The van der Waals surface area contributed by atoms with Crippen molar-refractivity contribution in [3.8, 4) is 0 Å². The molecule has 11 heteroatoms. The maximum Gasteiger partial charge on any atom is 0.306 e. The number of hydrogen-bond acceptors (Lipinski definition) is 10. The monoisotopic (exact) mass is 1140 g/mol. The molecule has 0 aromatic rings. The van der Waals surface area contributed by atoms with Gasteiger partial charge in [0.15, 0.2) is 12.4 Å². The van der Waals surface area contributed by atoms with Gasteiger partial charge in [-0.25, -0.2) is 0 Å². The van der Waals surface area contributed by atoms with Gasteiger partial charge >= 0.3 is 5.97 Å². The van der Waals surface area contributed by atoms with E-state index in [0.29, 0.717) is 12.8 Å². The summed E-state index contributed by atoms with van der Waals surface area (Å²) in [6.45, 7) is 5.69. The first-order valence-electron chi connectivity index (χ1n) is 33.7. The van der Waals surface area contributed by atoms with E-state index in [2.05, 4.69) is 86.8 Å². The van der Waals surface area contributed by atoms with Crippen molar-refractivity contribution in [1.29, 1.82) is 0 Å². The predicted octanol–water partition coefficient (Wildman–Crippen LogP) is 16.7. The summed E-state index contributed by atoms with van der Waals surface area (Å²) in [4.78, 5) is 26.6. The standard InChI is InChI=1S/C70H125NO10/c1-4-7-10-13-16-19-22-25-26-27-28-29-30-31-32-33-34-35-36-37-40-42-45-48-51-54-57-63(74)69(78)71-61(62(73)56-53-50-47-44-41-38-23-20-17-14-11-8-5-2)60-79-70-68(67(77)66(76)64(59-72)80-70)81-65(75)58-55-52-49-46-43-39-24-21-18-15-12-9-6-3/h7,10,16,19,25-26,28-29,31-32,53,56,61-64,66-68,70,72-74,76-77H,4-6,8-9,11-15,17-18,20-24,27,30,33-52,54-55,57-60H2,1-3H3,(H,71,78)/b10-7-,19-16-,26-25-,29-28-,32-31-,56-53+. The molecule has 1 aliphatic heterocycles. The van der Waals surface area contributed by atoms with Gasteiger partial charge in [0.25, 0.3) is 0 Å². The van der Waals surface area contributed by atoms with Gasteiger partial charge in [-0.3, -0.25) is 9.59 Å². The van der Waals surface area contributed by atoms with Gasteiger partial charge in [-0.1, -0.05) is 293 Å². The topological polar surface area (TPSA) is 175 Å². The zero-order valence-corrected chi connectivity index (χ0v) is 52.1. The first-order valence-corrected chi connectivity index (χ1v) is 33.7. The van der Waals surface area contributed by atoms with Gasteiger partial charge in [0, 0.05) is 6.42 Å². The highest BCUT2D eigenvalue weighted by atomic mass is 16.7. The molecule has 470 valence electrons. The number of carbonyl (C=O) groups is 2. The van der Waals surface area contributed by atoms with Crippen molar-refractivity contribution in [2.24, 2.45) is 0 Å². The lowest BCUT2D eigenvalue weighted by molar-refractivity contribution is -0.305. The molecular weight excluding hydrogens is 1010 g/mol. The lowest BCUT2D eigenvalue weighted by Gasteiger charge is -2.41. The largest absolute Gasteiger partial charge is 0.454 e. The Bertz CT molecular complexity index is 1590. The Hall–Kier alpha value is -2.90. The summed E-state index contributed by atoms with van der Waals surface area (Å²) >= 11 is 0. The van der Waals surface area contributed by atoms with Crippen LogP contribution in [-0.2, 0) is 23.8 Å². The Morgan fingerprint density at radius 3 is 1.33 bits per heavy atom. The average Bonchev–Trinajstić information content (AvgIpc) is 3.52. The van der Waals surface area contributed by atoms with E-state index in [1.165, 1.54) is 154 Å². The van der Waals surface area contributed by atoms with Crippen LogP contribution >= 0.6 is 0 Å². The van der Waals surface area contributed by atoms with Crippen molar-refractivity contribution in [3.05, 3.63) is 72.9 Å². The first kappa shape index (κ1) is 76.1. The van der Waals surface area contributed by atoms with Crippen molar-refractivity contribution >= 4 is 11.9 Å². The maximum atomic E-state index is 13.5. The first-order chi connectivity index (χ1) is 39.7. The van der Waals surface area contributed by atoms with Gasteiger partial charge < -0.3 is 45.1 Å². The second kappa shape index (κ2) is 57.5. The SMILES string of the molecule is CC/C=C\C/C=C\C/C=C\C/C=C\C/C=C\CCCCCCCCCCCCC(O)C(=O)NC(COC1OC(CO)C(O)C(O)C1OC(=O)CCCCCCCCCCCCCCC)C(O)/C=C/CCCCCCCCCCCCC. The van der Waals surface area contributed by atoms with E-state index in [-0.39, 0.29) is 19.4 Å². The Kier molecular flexibility index (Phi) is 54.1. The van der Waals surface area contributed by atoms with Crippen LogP contribution in [0.3, 0.4) is 0 Å². The Morgan fingerprint density at radius 1 is 0.494 bits per heavy atom. The zero-order chi connectivity index (χ0) is 58.9. The number of amides is 1. The summed E-state index contributed by atoms with van der Waals surface area (Å²) in [7, 11) is 0. The Balaban J connectivity index is 2.59. The number of carbonyl (C=O) groups excluding carboxylic acids is 2. The number of aliphatic hydroxyl groups is 5. The number of hydrogen-bond donors (Lipinski definition) is 6. The maximum absolute atomic E-state index is 13.5. The third kappa shape index (κ3) is 45.2. The van der Waals surface area contributed by atoms with Gasteiger partial charge in [-0.2, -0.15) is 0 Å².